The minimum atomic E-state index is -0.765. The molecule has 1 aromatic rings. The van der Waals surface area contributed by atoms with E-state index < -0.39 is 5.97 Å². The van der Waals surface area contributed by atoms with Crippen molar-refractivity contribution in [2.24, 2.45) is 13.0 Å². The van der Waals surface area contributed by atoms with Crippen molar-refractivity contribution in [1.29, 1.82) is 0 Å². The molecule has 1 rings (SSSR count). The number of rotatable bonds is 5. The molecule has 0 fully saturated rings. The molecule has 0 bridgehead atoms. The molecule has 1 aromatic heterocycles. The number of aliphatic carboxylic acids is 1. The lowest BCUT2D eigenvalue weighted by Crippen LogP contribution is -2.22. The Balaban J connectivity index is 2.50. The highest BCUT2D eigenvalue weighted by molar-refractivity contribution is 7.99. The van der Waals surface area contributed by atoms with Crippen molar-refractivity contribution in [2.45, 2.75) is 24.9 Å². The van der Waals surface area contributed by atoms with Gasteiger partial charge in [-0.25, -0.2) is 0 Å². The summed E-state index contributed by atoms with van der Waals surface area (Å²) < 4.78 is 1.61. The van der Waals surface area contributed by atoms with E-state index in [1.807, 2.05) is 13.8 Å². The molecule has 5 nitrogen and oxygen atoms in total. The van der Waals surface area contributed by atoms with Gasteiger partial charge in [0.1, 0.15) is 5.25 Å². The van der Waals surface area contributed by atoms with Crippen LogP contribution in [0.15, 0.2) is 6.20 Å². The normalized spacial score (nSPS) is 13.1. The van der Waals surface area contributed by atoms with Crippen molar-refractivity contribution < 1.29 is 9.90 Å². The van der Waals surface area contributed by atoms with Gasteiger partial charge in [0.05, 0.1) is 5.69 Å². The number of aryl methyl sites for hydroxylation is 1. The van der Waals surface area contributed by atoms with Gasteiger partial charge in [-0.3, -0.25) is 9.48 Å². The molecule has 84 valence electrons. The van der Waals surface area contributed by atoms with Crippen LogP contribution in [0.5, 0.6) is 0 Å². The van der Waals surface area contributed by atoms with Crippen LogP contribution in [0.3, 0.4) is 0 Å². The van der Waals surface area contributed by atoms with Crippen molar-refractivity contribution in [3.63, 3.8) is 0 Å². The van der Waals surface area contributed by atoms with E-state index >= 15 is 0 Å². The summed E-state index contributed by atoms with van der Waals surface area (Å²) in [6, 6.07) is 0. The molecule has 0 aliphatic heterocycles. The highest BCUT2D eigenvalue weighted by Crippen LogP contribution is 2.22. The van der Waals surface area contributed by atoms with Gasteiger partial charge >= 0.3 is 5.97 Å². The first-order valence-corrected chi connectivity index (χ1v) is 5.75. The number of hydrogen-bond donors (Lipinski definition) is 1. The predicted molar refractivity (Wildman–Crippen MR) is 58.6 cm³/mol. The summed E-state index contributed by atoms with van der Waals surface area (Å²) in [5, 5.41) is 16.3. The first-order chi connectivity index (χ1) is 7.00. The Kier molecular flexibility index (Phi) is 4.14. The van der Waals surface area contributed by atoms with Crippen LogP contribution in [-0.4, -0.2) is 31.3 Å². The van der Waals surface area contributed by atoms with E-state index in [2.05, 4.69) is 10.3 Å². The lowest BCUT2D eigenvalue weighted by atomic mass is 10.1. The van der Waals surface area contributed by atoms with Crippen LogP contribution in [0.4, 0.5) is 0 Å². The second-order valence-electron chi connectivity index (χ2n) is 3.70. The molecule has 0 aliphatic carbocycles. The molecule has 15 heavy (non-hydrogen) atoms. The minimum absolute atomic E-state index is 0.115. The van der Waals surface area contributed by atoms with Crippen LogP contribution in [0.1, 0.15) is 19.5 Å². The van der Waals surface area contributed by atoms with Crippen molar-refractivity contribution in [2.75, 3.05) is 0 Å². The zero-order valence-electron chi connectivity index (χ0n) is 9.04. The third kappa shape index (κ3) is 3.54. The molecule has 0 aliphatic rings. The Morgan fingerprint density at radius 1 is 1.67 bits per heavy atom. The van der Waals surface area contributed by atoms with Crippen LogP contribution in [-0.2, 0) is 17.6 Å². The number of nitrogens with zero attached hydrogens (tertiary/aromatic N) is 3. The van der Waals surface area contributed by atoms with Crippen molar-refractivity contribution in [1.82, 2.24) is 15.0 Å². The standard InChI is InChI=1S/C9H15N3O2S/c1-6(2)8(9(13)14)15-5-7-4-12(3)11-10-7/h4,6,8H,5H2,1-3H3,(H,13,14). The third-order valence-corrected chi connectivity index (χ3v) is 3.48. The highest BCUT2D eigenvalue weighted by atomic mass is 32.2. The molecular formula is C9H15N3O2S. The fraction of sp³-hybridized carbons (Fsp3) is 0.667. The summed E-state index contributed by atoms with van der Waals surface area (Å²) in [7, 11) is 1.79. The number of hydrogen-bond acceptors (Lipinski definition) is 4. The smallest absolute Gasteiger partial charge is 0.316 e. The number of thioether (sulfide) groups is 1. The monoisotopic (exact) mass is 229 g/mol. The quantitative estimate of drug-likeness (QED) is 0.820. The maximum absolute atomic E-state index is 10.9. The molecule has 0 saturated heterocycles. The maximum Gasteiger partial charge on any atom is 0.316 e. The number of aromatic nitrogens is 3. The lowest BCUT2D eigenvalue weighted by Gasteiger charge is -2.14. The van der Waals surface area contributed by atoms with Crippen LogP contribution in [0.25, 0.3) is 0 Å². The Morgan fingerprint density at radius 2 is 2.33 bits per heavy atom. The molecule has 0 radical (unpaired) electrons. The van der Waals surface area contributed by atoms with Gasteiger partial charge in [0.15, 0.2) is 0 Å². The largest absolute Gasteiger partial charge is 0.480 e. The Hall–Kier alpha value is -1.04. The molecule has 1 heterocycles. The molecule has 6 heteroatoms. The maximum atomic E-state index is 10.9. The van der Waals surface area contributed by atoms with Crippen LogP contribution >= 0.6 is 11.8 Å². The van der Waals surface area contributed by atoms with E-state index in [-0.39, 0.29) is 11.2 Å². The minimum Gasteiger partial charge on any atom is -0.480 e. The molecule has 1 unspecified atom stereocenters. The number of carbonyl (C=O) groups is 1. The predicted octanol–water partition coefficient (Wildman–Crippen LogP) is 1.16. The highest BCUT2D eigenvalue weighted by Gasteiger charge is 2.22. The van der Waals surface area contributed by atoms with Gasteiger partial charge in [0, 0.05) is 19.0 Å². The fourth-order valence-electron chi connectivity index (χ4n) is 1.19. The number of carboxylic acids is 1. The van der Waals surface area contributed by atoms with Gasteiger partial charge in [-0.05, 0) is 5.92 Å². The average Bonchev–Trinajstić information content (AvgIpc) is 2.50. The summed E-state index contributed by atoms with van der Waals surface area (Å²) in [6.07, 6.45) is 1.80. The zero-order chi connectivity index (χ0) is 11.4. The molecule has 0 aromatic carbocycles. The molecule has 1 atom stereocenters. The second kappa shape index (κ2) is 5.16. The van der Waals surface area contributed by atoms with Crippen LogP contribution in [0, 0.1) is 5.92 Å². The van der Waals surface area contributed by atoms with E-state index in [0.29, 0.717) is 5.75 Å². The third-order valence-electron chi connectivity index (χ3n) is 1.91. The first-order valence-electron chi connectivity index (χ1n) is 4.70. The molecule has 0 saturated carbocycles. The fourth-order valence-corrected chi connectivity index (χ4v) is 2.20. The van der Waals surface area contributed by atoms with E-state index in [4.69, 9.17) is 5.11 Å². The molecule has 0 spiro atoms. The van der Waals surface area contributed by atoms with Crippen LogP contribution in [0.2, 0.25) is 0 Å². The number of carboxylic acid groups (broad SMARTS) is 1. The van der Waals surface area contributed by atoms with E-state index in [1.54, 1.807) is 17.9 Å². The lowest BCUT2D eigenvalue weighted by molar-refractivity contribution is -0.137. The van der Waals surface area contributed by atoms with Gasteiger partial charge < -0.3 is 5.11 Å². The first kappa shape index (κ1) is 12.0. The van der Waals surface area contributed by atoms with Gasteiger partial charge in [-0.15, -0.1) is 16.9 Å². The average molecular weight is 229 g/mol. The molecule has 1 N–H and O–H groups in total. The van der Waals surface area contributed by atoms with E-state index in [1.165, 1.54) is 11.8 Å². The van der Waals surface area contributed by atoms with Crippen molar-refractivity contribution >= 4 is 17.7 Å². The molecular weight excluding hydrogens is 214 g/mol. The summed E-state index contributed by atoms with van der Waals surface area (Å²) in [4.78, 5) is 10.9. The Labute approximate surface area is 92.9 Å². The van der Waals surface area contributed by atoms with Gasteiger partial charge in [-0.2, -0.15) is 0 Å². The van der Waals surface area contributed by atoms with Gasteiger partial charge in [-0.1, -0.05) is 19.1 Å². The van der Waals surface area contributed by atoms with Crippen molar-refractivity contribution in [3.05, 3.63) is 11.9 Å². The van der Waals surface area contributed by atoms with Crippen molar-refractivity contribution in [3.8, 4) is 0 Å². The van der Waals surface area contributed by atoms with Crippen LogP contribution < -0.4 is 0 Å². The summed E-state index contributed by atoms with van der Waals surface area (Å²) in [6.45, 7) is 3.81. The van der Waals surface area contributed by atoms with E-state index in [0.717, 1.165) is 5.69 Å². The van der Waals surface area contributed by atoms with Gasteiger partial charge in [0.2, 0.25) is 0 Å². The molecule has 0 amide bonds. The van der Waals surface area contributed by atoms with Gasteiger partial charge in [0.25, 0.3) is 0 Å². The Morgan fingerprint density at radius 3 is 2.73 bits per heavy atom. The topological polar surface area (TPSA) is 68.0 Å². The second-order valence-corrected chi connectivity index (χ2v) is 4.83. The van der Waals surface area contributed by atoms with E-state index in [9.17, 15) is 4.79 Å². The summed E-state index contributed by atoms with van der Waals surface area (Å²) in [5.74, 6) is -0.0636. The summed E-state index contributed by atoms with van der Waals surface area (Å²) >= 11 is 1.39. The Bertz CT molecular complexity index is 338. The summed E-state index contributed by atoms with van der Waals surface area (Å²) in [5.41, 5.74) is 0.814. The zero-order valence-corrected chi connectivity index (χ0v) is 9.86. The SMILES string of the molecule is CC(C)C(SCc1cn(C)nn1)C(=O)O.